The summed E-state index contributed by atoms with van der Waals surface area (Å²) in [6.07, 6.45) is 4.41. The average Bonchev–Trinajstić information content (AvgIpc) is 2.69. The second kappa shape index (κ2) is 4.44. The summed E-state index contributed by atoms with van der Waals surface area (Å²) < 4.78 is 2.55. The van der Waals surface area contributed by atoms with E-state index in [4.69, 9.17) is 0 Å². The summed E-state index contributed by atoms with van der Waals surface area (Å²) in [7, 11) is 1.74. The Bertz CT molecular complexity index is 708. The molecule has 0 saturated heterocycles. The summed E-state index contributed by atoms with van der Waals surface area (Å²) in [5.74, 6) is -0.379. The molecule has 0 spiro atoms. The smallest absolute Gasteiger partial charge is 0.313 e. The van der Waals surface area contributed by atoms with Crippen molar-refractivity contribution in [2.75, 3.05) is 0 Å². The molecule has 0 amide bonds. The maximum absolute atomic E-state index is 11.9. The maximum atomic E-state index is 11.9. The average molecular weight is 248 g/mol. The number of Topliss-reactive ketones (excluding diaryl/α,β-unsaturated/α-hetero) is 1. The molecule has 0 saturated carbocycles. The Morgan fingerprint density at radius 2 is 2.17 bits per heavy atom. The Morgan fingerprint density at radius 1 is 1.44 bits per heavy atom. The highest BCUT2D eigenvalue weighted by atomic mass is 16.2. The van der Waals surface area contributed by atoms with E-state index < -0.39 is 11.2 Å². The van der Waals surface area contributed by atoms with Gasteiger partial charge in [0.05, 0.1) is 18.3 Å². The first-order chi connectivity index (χ1) is 8.49. The summed E-state index contributed by atoms with van der Waals surface area (Å²) in [6, 6.07) is 0. The largest absolute Gasteiger partial charge is 0.328 e. The zero-order valence-electron chi connectivity index (χ0n) is 10.0. The van der Waals surface area contributed by atoms with E-state index >= 15 is 0 Å². The van der Waals surface area contributed by atoms with E-state index in [9.17, 15) is 14.4 Å². The summed E-state index contributed by atoms with van der Waals surface area (Å²) in [5.41, 5.74) is -0.451. The van der Waals surface area contributed by atoms with Crippen LogP contribution in [0.3, 0.4) is 0 Å². The number of aromatic amines is 1. The molecule has 7 nitrogen and oxygen atoms in total. The Labute approximate surface area is 102 Å². The fourth-order valence-corrected chi connectivity index (χ4v) is 1.64. The van der Waals surface area contributed by atoms with Gasteiger partial charge in [-0.2, -0.15) is 5.10 Å². The van der Waals surface area contributed by atoms with Crippen molar-refractivity contribution in [1.29, 1.82) is 0 Å². The van der Waals surface area contributed by atoms with E-state index in [2.05, 4.69) is 10.1 Å². The van der Waals surface area contributed by atoms with Crippen molar-refractivity contribution in [2.24, 2.45) is 7.05 Å². The van der Waals surface area contributed by atoms with Crippen LogP contribution in [-0.2, 0) is 13.6 Å². The molecule has 0 radical (unpaired) electrons. The Morgan fingerprint density at radius 3 is 2.72 bits per heavy atom. The molecular weight excluding hydrogens is 236 g/mol. The Kier molecular flexibility index (Phi) is 2.97. The third-order valence-electron chi connectivity index (χ3n) is 2.54. The van der Waals surface area contributed by atoms with E-state index in [-0.39, 0.29) is 17.9 Å². The third-order valence-corrected chi connectivity index (χ3v) is 2.54. The van der Waals surface area contributed by atoms with Crippen molar-refractivity contribution in [3.05, 3.63) is 50.6 Å². The van der Waals surface area contributed by atoms with Gasteiger partial charge in [0.25, 0.3) is 5.56 Å². The molecule has 0 aliphatic heterocycles. The van der Waals surface area contributed by atoms with Crippen LogP contribution < -0.4 is 11.2 Å². The minimum absolute atomic E-state index is 0.0292. The van der Waals surface area contributed by atoms with Crippen LogP contribution in [0.4, 0.5) is 0 Å². The molecule has 0 aliphatic carbocycles. The van der Waals surface area contributed by atoms with E-state index in [0.717, 1.165) is 10.8 Å². The van der Waals surface area contributed by atoms with Gasteiger partial charge in [-0.05, 0) is 6.92 Å². The molecule has 18 heavy (non-hydrogen) atoms. The lowest BCUT2D eigenvalue weighted by Crippen LogP contribution is -2.37. The Balaban J connectivity index is 2.50. The zero-order chi connectivity index (χ0) is 13.3. The normalized spacial score (nSPS) is 10.6. The summed E-state index contributed by atoms with van der Waals surface area (Å²) in [4.78, 5) is 37.1. The second-order valence-electron chi connectivity index (χ2n) is 3.98. The van der Waals surface area contributed by atoms with Crippen molar-refractivity contribution in [3.8, 4) is 0 Å². The molecule has 0 atom stereocenters. The van der Waals surface area contributed by atoms with Crippen LogP contribution in [-0.4, -0.2) is 25.1 Å². The molecular formula is C11H12N4O3. The molecule has 0 aliphatic rings. The minimum atomic E-state index is -0.588. The molecule has 94 valence electrons. The Hall–Kier alpha value is -2.44. The second-order valence-corrected chi connectivity index (χ2v) is 3.98. The van der Waals surface area contributed by atoms with Gasteiger partial charge >= 0.3 is 5.69 Å². The number of aryl methyl sites for hydroxylation is 1. The molecule has 2 aromatic heterocycles. The first-order valence-corrected chi connectivity index (χ1v) is 5.30. The highest BCUT2D eigenvalue weighted by Crippen LogP contribution is 1.97. The van der Waals surface area contributed by atoms with Crippen molar-refractivity contribution < 1.29 is 4.79 Å². The molecule has 0 bridgehead atoms. The van der Waals surface area contributed by atoms with Crippen LogP contribution in [0.5, 0.6) is 0 Å². The monoisotopic (exact) mass is 248 g/mol. The van der Waals surface area contributed by atoms with Crippen molar-refractivity contribution in [1.82, 2.24) is 19.3 Å². The molecule has 7 heteroatoms. The molecule has 0 unspecified atom stereocenters. The quantitative estimate of drug-likeness (QED) is 0.743. The van der Waals surface area contributed by atoms with Crippen molar-refractivity contribution >= 4 is 5.78 Å². The molecule has 0 aromatic carbocycles. The number of carbonyl (C=O) groups excluding carboxylic acids is 1. The van der Waals surface area contributed by atoms with Gasteiger partial charge in [0.2, 0.25) is 0 Å². The number of aromatic nitrogens is 4. The fraction of sp³-hybridized carbons (Fsp3) is 0.273. The lowest BCUT2D eigenvalue weighted by atomic mass is 10.2. The SMILES string of the molecule is CC(=O)c1c[nH]c(=O)n(Cc2cnn(C)c2)c1=O. The molecule has 0 fully saturated rings. The van der Waals surface area contributed by atoms with Gasteiger partial charge in [-0.15, -0.1) is 0 Å². The van der Waals surface area contributed by atoms with E-state index in [1.54, 1.807) is 24.1 Å². The summed E-state index contributed by atoms with van der Waals surface area (Å²) in [6.45, 7) is 1.37. The van der Waals surface area contributed by atoms with Gasteiger partial charge in [0.15, 0.2) is 5.78 Å². The number of H-pyrrole nitrogens is 1. The summed E-state index contributed by atoms with van der Waals surface area (Å²) >= 11 is 0. The van der Waals surface area contributed by atoms with Crippen LogP contribution in [0.25, 0.3) is 0 Å². The maximum Gasteiger partial charge on any atom is 0.328 e. The van der Waals surface area contributed by atoms with E-state index in [1.165, 1.54) is 6.92 Å². The van der Waals surface area contributed by atoms with Gasteiger partial charge < -0.3 is 4.98 Å². The minimum Gasteiger partial charge on any atom is -0.313 e. The lowest BCUT2D eigenvalue weighted by molar-refractivity contribution is 0.101. The highest BCUT2D eigenvalue weighted by Gasteiger charge is 2.11. The third kappa shape index (κ3) is 2.15. The zero-order valence-corrected chi connectivity index (χ0v) is 10.0. The fourth-order valence-electron chi connectivity index (χ4n) is 1.64. The number of ketones is 1. The number of nitrogens with one attached hydrogen (secondary N) is 1. The molecule has 2 heterocycles. The first kappa shape index (κ1) is 12.0. The van der Waals surface area contributed by atoms with Crippen LogP contribution in [0.1, 0.15) is 22.8 Å². The van der Waals surface area contributed by atoms with Gasteiger partial charge in [-0.3, -0.25) is 18.8 Å². The van der Waals surface area contributed by atoms with Gasteiger partial charge in [0, 0.05) is 25.0 Å². The first-order valence-electron chi connectivity index (χ1n) is 5.30. The highest BCUT2D eigenvalue weighted by molar-refractivity contribution is 5.93. The van der Waals surface area contributed by atoms with Gasteiger partial charge in [0.1, 0.15) is 0 Å². The van der Waals surface area contributed by atoms with Crippen molar-refractivity contribution in [2.45, 2.75) is 13.5 Å². The number of carbonyl (C=O) groups is 1. The molecule has 1 N–H and O–H groups in total. The lowest BCUT2D eigenvalue weighted by Gasteiger charge is -2.03. The van der Waals surface area contributed by atoms with Crippen molar-refractivity contribution in [3.63, 3.8) is 0 Å². The number of hydrogen-bond acceptors (Lipinski definition) is 4. The summed E-state index contributed by atoms with van der Waals surface area (Å²) in [5, 5.41) is 3.95. The van der Waals surface area contributed by atoms with Crippen LogP contribution >= 0.6 is 0 Å². The van der Waals surface area contributed by atoms with Crippen LogP contribution in [0.2, 0.25) is 0 Å². The topological polar surface area (TPSA) is 89.8 Å². The predicted molar refractivity (Wildman–Crippen MR) is 63.6 cm³/mol. The van der Waals surface area contributed by atoms with E-state index in [1.807, 2.05) is 0 Å². The van der Waals surface area contributed by atoms with Gasteiger partial charge in [-0.25, -0.2) is 4.79 Å². The number of nitrogens with zero attached hydrogens (tertiary/aromatic N) is 3. The number of hydrogen-bond donors (Lipinski definition) is 1. The standard InChI is InChI=1S/C11H12N4O3/c1-7(16)9-4-12-11(18)15(10(9)17)6-8-3-13-14(2)5-8/h3-5H,6H2,1-2H3,(H,12,18). The number of rotatable bonds is 3. The van der Waals surface area contributed by atoms with Gasteiger partial charge in [-0.1, -0.05) is 0 Å². The molecule has 2 rings (SSSR count). The molecule has 2 aromatic rings. The predicted octanol–water partition coefficient (Wildman–Crippen LogP) is -0.479. The van der Waals surface area contributed by atoms with E-state index in [0.29, 0.717) is 5.56 Å². The van der Waals surface area contributed by atoms with Crippen LogP contribution in [0.15, 0.2) is 28.2 Å². The van der Waals surface area contributed by atoms with Crippen LogP contribution in [0, 0.1) is 0 Å².